The number of aromatic carboxylic acids is 1. The number of pyridine rings is 2. The molecule has 1 atom stereocenters. The summed E-state index contributed by atoms with van der Waals surface area (Å²) in [5.41, 5.74) is -2.49. The van der Waals surface area contributed by atoms with Crippen LogP contribution in [0.1, 0.15) is 56.9 Å². The molecule has 3 heterocycles. The van der Waals surface area contributed by atoms with E-state index in [0.717, 1.165) is 23.5 Å². The van der Waals surface area contributed by atoms with E-state index in [1.807, 2.05) is 0 Å². The van der Waals surface area contributed by atoms with Crippen LogP contribution >= 0.6 is 11.3 Å². The van der Waals surface area contributed by atoms with E-state index in [2.05, 4.69) is 20.3 Å². The number of fused-ring (bicyclic) bond motifs is 1. The molecule has 3 aromatic heterocycles. The van der Waals surface area contributed by atoms with E-state index in [1.165, 1.54) is 30.6 Å². The SMILES string of the molecule is CCC(c1ncccc1C(=O)O)c1nc2c(C(F)(F)F)cccc2c(O)c1C(=O)Nc1nccs1. The minimum Gasteiger partial charge on any atom is -0.506 e. The number of aromatic hydroxyl groups is 1. The second-order valence-corrected chi connectivity index (χ2v) is 8.31. The van der Waals surface area contributed by atoms with Gasteiger partial charge in [0.1, 0.15) is 11.3 Å². The zero-order valence-corrected chi connectivity index (χ0v) is 18.8. The van der Waals surface area contributed by atoms with Crippen molar-refractivity contribution in [1.82, 2.24) is 15.0 Å². The van der Waals surface area contributed by atoms with Crippen LogP contribution in [0.15, 0.2) is 48.1 Å². The third-order valence-corrected chi connectivity index (χ3v) is 6.03. The second kappa shape index (κ2) is 9.29. The van der Waals surface area contributed by atoms with Crippen molar-refractivity contribution in [2.75, 3.05) is 5.32 Å². The lowest BCUT2D eigenvalue weighted by Crippen LogP contribution is -2.20. The molecule has 3 N–H and O–H groups in total. The smallest absolute Gasteiger partial charge is 0.418 e. The van der Waals surface area contributed by atoms with Gasteiger partial charge in [0.25, 0.3) is 5.91 Å². The Morgan fingerprint density at radius 1 is 1.11 bits per heavy atom. The third kappa shape index (κ3) is 4.52. The molecule has 4 rings (SSSR count). The summed E-state index contributed by atoms with van der Waals surface area (Å²) in [6, 6.07) is 5.85. The minimum atomic E-state index is -4.79. The summed E-state index contributed by atoms with van der Waals surface area (Å²) in [7, 11) is 0. The van der Waals surface area contributed by atoms with E-state index in [4.69, 9.17) is 0 Å². The van der Waals surface area contributed by atoms with E-state index in [-0.39, 0.29) is 39.5 Å². The van der Waals surface area contributed by atoms with Crippen LogP contribution in [0.5, 0.6) is 5.75 Å². The predicted octanol–water partition coefficient (Wildman–Crippen LogP) is 5.30. The first-order valence-electron chi connectivity index (χ1n) is 10.2. The average Bonchev–Trinajstić information content (AvgIpc) is 3.32. The average molecular weight is 502 g/mol. The number of nitrogens with zero attached hydrogens (tertiary/aromatic N) is 3. The summed E-state index contributed by atoms with van der Waals surface area (Å²) in [6.07, 6.45) is -1.89. The van der Waals surface area contributed by atoms with Crippen LogP contribution in [0.25, 0.3) is 10.9 Å². The highest BCUT2D eigenvalue weighted by Gasteiger charge is 2.36. The highest BCUT2D eigenvalue weighted by molar-refractivity contribution is 7.13. The molecule has 4 aromatic rings. The number of carbonyl (C=O) groups is 2. The van der Waals surface area contributed by atoms with Gasteiger partial charge in [0.2, 0.25) is 0 Å². The summed E-state index contributed by atoms with van der Waals surface area (Å²) in [6.45, 7) is 1.64. The number of hydrogen-bond acceptors (Lipinski definition) is 7. The van der Waals surface area contributed by atoms with Crippen molar-refractivity contribution in [3.8, 4) is 5.75 Å². The van der Waals surface area contributed by atoms with E-state index < -0.39 is 40.8 Å². The van der Waals surface area contributed by atoms with Gasteiger partial charge in [0.15, 0.2) is 5.13 Å². The van der Waals surface area contributed by atoms with Crippen molar-refractivity contribution in [2.24, 2.45) is 0 Å². The van der Waals surface area contributed by atoms with Gasteiger partial charge in [-0.05, 0) is 30.7 Å². The molecule has 0 aliphatic carbocycles. The van der Waals surface area contributed by atoms with Gasteiger partial charge in [-0.3, -0.25) is 20.1 Å². The fraction of sp³-hybridized carbons (Fsp3) is 0.174. The van der Waals surface area contributed by atoms with Gasteiger partial charge in [0, 0.05) is 29.1 Å². The van der Waals surface area contributed by atoms with Crippen molar-refractivity contribution in [3.63, 3.8) is 0 Å². The number of benzene rings is 1. The van der Waals surface area contributed by atoms with Crippen LogP contribution in [0.4, 0.5) is 18.3 Å². The number of carboxylic acids is 1. The molecule has 1 amide bonds. The molecule has 0 bridgehead atoms. The van der Waals surface area contributed by atoms with Crippen LogP contribution in [0.3, 0.4) is 0 Å². The van der Waals surface area contributed by atoms with Gasteiger partial charge in [-0.25, -0.2) is 9.78 Å². The Hall–Kier alpha value is -4.06. The van der Waals surface area contributed by atoms with E-state index in [9.17, 15) is 33.0 Å². The fourth-order valence-electron chi connectivity index (χ4n) is 3.83. The number of amides is 1. The number of alkyl halides is 3. The summed E-state index contributed by atoms with van der Waals surface area (Å²) in [5.74, 6) is -3.89. The molecule has 180 valence electrons. The molecule has 0 aliphatic heterocycles. The van der Waals surface area contributed by atoms with Gasteiger partial charge < -0.3 is 10.2 Å². The number of halogens is 3. The summed E-state index contributed by atoms with van der Waals surface area (Å²) < 4.78 is 41.3. The van der Waals surface area contributed by atoms with E-state index >= 15 is 0 Å². The van der Waals surface area contributed by atoms with Gasteiger partial charge >= 0.3 is 12.1 Å². The highest BCUT2D eigenvalue weighted by Crippen LogP contribution is 2.42. The zero-order chi connectivity index (χ0) is 25.3. The Bertz CT molecular complexity index is 1420. The maximum Gasteiger partial charge on any atom is 0.418 e. The van der Waals surface area contributed by atoms with Gasteiger partial charge in [-0.1, -0.05) is 13.0 Å². The Kier molecular flexibility index (Phi) is 6.39. The standard InChI is InChI=1S/C23H17F3N4O4S/c1-2-11(16-13(21(33)34)6-4-8-27-16)18-15(20(32)30-22-28-9-10-35-22)19(31)12-5-3-7-14(17(12)29-18)23(24,25)26/h3-11H,2H2,1H3,(H,29,31)(H,33,34)(H,28,30,32). The number of nitrogens with one attached hydrogen (secondary N) is 1. The molecule has 0 aliphatic rings. The minimum absolute atomic E-state index is 0.00142. The zero-order valence-electron chi connectivity index (χ0n) is 18.0. The summed E-state index contributed by atoms with van der Waals surface area (Å²) >= 11 is 1.10. The first kappa shape index (κ1) is 24.1. The van der Waals surface area contributed by atoms with E-state index in [0.29, 0.717) is 0 Å². The molecule has 0 saturated heterocycles. The molecule has 1 unspecified atom stereocenters. The molecule has 0 saturated carbocycles. The molecular formula is C23H17F3N4O4S. The van der Waals surface area contributed by atoms with Crippen molar-refractivity contribution in [2.45, 2.75) is 25.4 Å². The predicted molar refractivity (Wildman–Crippen MR) is 122 cm³/mol. The summed E-state index contributed by atoms with van der Waals surface area (Å²) in [4.78, 5) is 37.4. The number of anilines is 1. The second-order valence-electron chi connectivity index (χ2n) is 7.41. The quantitative estimate of drug-likeness (QED) is 0.327. The number of carbonyl (C=O) groups excluding carboxylic acids is 1. The molecule has 8 nitrogen and oxygen atoms in total. The Morgan fingerprint density at radius 3 is 2.51 bits per heavy atom. The number of carboxylic acid groups (broad SMARTS) is 1. The van der Waals surface area contributed by atoms with Crippen molar-refractivity contribution < 1.29 is 33.0 Å². The summed E-state index contributed by atoms with van der Waals surface area (Å²) in [5, 5.41) is 24.7. The van der Waals surface area contributed by atoms with Crippen molar-refractivity contribution in [1.29, 1.82) is 0 Å². The number of thiazole rings is 1. The van der Waals surface area contributed by atoms with Crippen molar-refractivity contribution in [3.05, 3.63) is 76.2 Å². The first-order valence-corrected chi connectivity index (χ1v) is 11.1. The number of hydrogen-bond donors (Lipinski definition) is 3. The third-order valence-electron chi connectivity index (χ3n) is 5.34. The molecule has 0 radical (unpaired) electrons. The largest absolute Gasteiger partial charge is 0.506 e. The lowest BCUT2D eigenvalue weighted by molar-refractivity contribution is -0.136. The topological polar surface area (TPSA) is 125 Å². The van der Waals surface area contributed by atoms with Crippen LogP contribution in [0.2, 0.25) is 0 Å². The van der Waals surface area contributed by atoms with Crippen LogP contribution in [0, 0.1) is 0 Å². The Morgan fingerprint density at radius 2 is 1.89 bits per heavy atom. The van der Waals surface area contributed by atoms with Crippen molar-refractivity contribution >= 4 is 39.2 Å². The molecule has 0 spiro atoms. The number of aromatic nitrogens is 3. The number of para-hydroxylation sites is 1. The first-order chi connectivity index (χ1) is 16.6. The molecule has 35 heavy (non-hydrogen) atoms. The molecular weight excluding hydrogens is 485 g/mol. The number of rotatable bonds is 6. The van der Waals surface area contributed by atoms with Gasteiger partial charge in [-0.2, -0.15) is 13.2 Å². The monoisotopic (exact) mass is 502 g/mol. The molecule has 1 aromatic carbocycles. The lowest BCUT2D eigenvalue weighted by Gasteiger charge is -2.21. The molecule has 0 fully saturated rings. The lowest BCUT2D eigenvalue weighted by atomic mass is 9.89. The Labute approximate surface area is 200 Å². The van der Waals surface area contributed by atoms with Crippen LogP contribution in [-0.4, -0.2) is 37.0 Å². The van der Waals surface area contributed by atoms with Gasteiger partial charge in [-0.15, -0.1) is 11.3 Å². The maximum absolute atomic E-state index is 13.8. The van der Waals surface area contributed by atoms with Gasteiger partial charge in [0.05, 0.1) is 28.0 Å². The van der Waals surface area contributed by atoms with E-state index in [1.54, 1.807) is 12.3 Å². The Balaban J connectivity index is 2.04. The fourth-order valence-corrected chi connectivity index (χ4v) is 4.35. The highest BCUT2D eigenvalue weighted by atomic mass is 32.1. The maximum atomic E-state index is 13.8. The normalized spacial score (nSPS) is 12.5. The molecule has 12 heteroatoms. The van der Waals surface area contributed by atoms with Crippen LogP contribution in [-0.2, 0) is 6.18 Å². The van der Waals surface area contributed by atoms with Crippen LogP contribution < -0.4 is 5.32 Å².